The Morgan fingerprint density at radius 1 is 1.07 bits per heavy atom. The van der Waals surface area contributed by atoms with E-state index >= 15 is 0 Å². The Labute approximate surface area is 158 Å². The lowest BCUT2D eigenvalue weighted by molar-refractivity contribution is 0.102. The van der Waals surface area contributed by atoms with Gasteiger partial charge >= 0.3 is 0 Å². The standard InChI is InChI=1S/C22H22N4O/c1-3-12-25-13-11-17-15-18(9-10-21(17)25)23-22(27)20-14-16(2)26(24-20)19-7-5-4-6-8-19/h4-11,13-15H,3,12H2,1-2H3,(H,23,27). The first-order valence-electron chi connectivity index (χ1n) is 9.18. The van der Waals surface area contributed by atoms with Gasteiger partial charge in [0, 0.05) is 35.0 Å². The topological polar surface area (TPSA) is 51.9 Å². The number of anilines is 1. The van der Waals surface area contributed by atoms with E-state index in [0.717, 1.165) is 35.4 Å². The highest BCUT2D eigenvalue weighted by Gasteiger charge is 2.14. The predicted octanol–water partition coefficient (Wildman–Crippen LogP) is 4.80. The van der Waals surface area contributed by atoms with Gasteiger partial charge in [0.15, 0.2) is 5.69 Å². The number of benzene rings is 2. The molecule has 0 atom stereocenters. The number of amides is 1. The highest BCUT2D eigenvalue weighted by Crippen LogP contribution is 2.21. The van der Waals surface area contributed by atoms with Crippen molar-refractivity contribution in [2.75, 3.05) is 5.32 Å². The summed E-state index contributed by atoms with van der Waals surface area (Å²) in [6.45, 7) is 5.10. The monoisotopic (exact) mass is 358 g/mol. The summed E-state index contributed by atoms with van der Waals surface area (Å²) in [5.74, 6) is -0.208. The van der Waals surface area contributed by atoms with Crippen molar-refractivity contribution in [3.8, 4) is 5.69 Å². The number of aryl methyl sites for hydroxylation is 2. The van der Waals surface area contributed by atoms with Crippen LogP contribution in [0.1, 0.15) is 29.5 Å². The molecule has 0 spiro atoms. The van der Waals surface area contributed by atoms with E-state index in [-0.39, 0.29) is 5.91 Å². The minimum absolute atomic E-state index is 0.208. The molecule has 0 aliphatic carbocycles. The Balaban J connectivity index is 1.57. The molecule has 27 heavy (non-hydrogen) atoms. The van der Waals surface area contributed by atoms with Crippen LogP contribution in [0.2, 0.25) is 0 Å². The molecule has 4 rings (SSSR count). The van der Waals surface area contributed by atoms with E-state index < -0.39 is 0 Å². The van der Waals surface area contributed by atoms with Crippen molar-refractivity contribution in [3.05, 3.63) is 78.2 Å². The van der Waals surface area contributed by atoms with Gasteiger partial charge in [0.2, 0.25) is 0 Å². The second-order valence-corrected chi connectivity index (χ2v) is 6.66. The molecule has 5 heteroatoms. The van der Waals surface area contributed by atoms with Crippen molar-refractivity contribution in [1.29, 1.82) is 0 Å². The van der Waals surface area contributed by atoms with Crippen LogP contribution in [0.4, 0.5) is 5.69 Å². The minimum atomic E-state index is -0.208. The number of nitrogens with zero attached hydrogens (tertiary/aromatic N) is 3. The number of rotatable bonds is 5. The van der Waals surface area contributed by atoms with Gasteiger partial charge in [0.05, 0.1) is 5.69 Å². The van der Waals surface area contributed by atoms with E-state index in [1.165, 1.54) is 5.52 Å². The van der Waals surface area contributed by atoms with Crippen LogP contribution in [0, 0.1) is 6.92 Å². The third kappa shape index (κ3) is 3.36. The molecule has 0 radical (unpaired) electrons. The molecule has 4 aromatic rings. The van der Waals surface area contributed by atoms with Crippen LogP contribution in [0.3, 0.4) is 0 Å². The fourth-order valence-electron chi connectivity index (χ4n) is 3.32. The molecule has 1 amide bonds. The first kappa shape index (κ1) is 17.1. The van der Waals surface area contributed by atoms with Gasteiger partial charge in [-0.15, -0.1) is 0 Å². The maximum absolute atomic E-state index is 12.7. The zero-order valence-corrected chi connectivity index (χ0v) is 15.5. The number of hydrogen-bond donors (Lipinski definition) is 1. The van der Waals surface area contributed by atoms with Crippen LogP contribution >= 0.6 is 0 Å². The largest absolute Gasteiger partial charge is 0.347 e. The Morgan fingerprint density at radius 3 is 2.67 bits per heavy atom. The van der Waals surface area contributed by atoms with Crippen LogP contribution in [-0.4, -0.2) is 20.3 Å². The molecule has 0 aliphatic rings. The van der Waals surface area contributed by atoms with Crippen LogP contribution in [0.5, 0.6) is 0 Å². The van der Waals surface area contributed by atoms with Gasteiger partial charge < -0.3 is 9.88 Å². The summed E-state index contributed by atoms with van der Waals surface area (Å²) < 4.78 is 4.01. The lowest BCUT2D eigenvalue weighted by atomic mass is 10.2. The molecular formula is C22H22N4O. The number of fused-ring (bicyclic) bond motifs is 1. The van der Waals surface area contributed by atoms with Gasteiger partial charge in [-0.3, -0.25) is 4.79 Å². The maximum Gasteiger partial charge on any atom is 0.276 e. The van der Waals surface area contributed by atoms with E-state index in [2.05, 4.69) is 40.2 Å². The third-order valence-electron chi connectivity index (χ3n) is 4.61. The van der Waals surface area contributed by atoms with Gasteiger partial charge in [-0.05, 0) is 55.8 Å². The quantitative estimate of drug-likeness (QED) is 0.557. The number of carbonyl (C=O) groups is 1. The van der Waals surface area contributed by atoms with Gasteiger partial charge in [-0.25, -0.2) is 4.68 Å². The number of aromatic nitrogens is 3. The van der Waals surface area contributed by atoms with E-state index in [0.29, 0.717) is 5.69 Å². The van der Waals surface area contributed by atoms with Gasteiger partial charge in [-0.1, -0.05) is 25.1 Å². The molecule has 0 saturated heterocycles. The molecule has 5 nitrogen and oxygen atoms in total. The van der Waals surface area contributed by atoms with Crippen molar-refractivity contribution in [3.63, 3.8) is 0 Å². The number of carbonyl (C=O) groups excluding carboxylic acids is 1. The highest BCUT2D eigenvalue weighted by molar-refractivity contribution is 6.04. The minimum Gasteiger partial charge on any atom is -0.347 e. The molecule has 0 aliphatic heterocycles. The first-order valence-corrected chi connectivity index (χ1v) is 9.18. The van der Waals surface area contributed by atoms with Crippen molar-refractivity contribution in [2.45, 2.75) is 26.8 Å². The van der Waals surface area contributed by atoms with Crippen molar-refractivity contribution in [2.24, 2.45) is 0 Å². The number of para-hydroxylation sites is 1. The predicted molar refractivity (Wildman–Crippen MR) is 108 cm³/mol. The maximum atomic E-state index is 12.7. The summed E-state index contributed by atoms with van der Waals surface area (Å²) >= 11 is 0. The number of hydrogen-bond acceptors (Lipinski definition) is 2. The summed E-state index contributed by atoms with van der Waals surface area (Å²) in [5, 5.41) is 8.54. The van der Waals surface area contributed by atoms with Gasteiger partial charge in [-0.2, -0.15) is 5.10 Å². The van der Waals surface area contributed by atoms with Crippen LogP contribution in [0.25, 0.3) is 16.6 Å². The average Bonchev–Trinajstić information content (AvgIpc) is 3.26. The van der Waals surface area contributed by atoms with Crippen molar-refractivity contribution in [1.82, 2.24) is 14.3 Å². The lowest BCUT2D eigenvalue weighted by Gasteiger charge is -2.06. The Hall–Kier alpha value is -3.34. The lowest BCUT2D eigenvalue weighted by Crippen LogP contribution is -2.13. The molecule has 2 aromatic carbocycles. The summed E-state index contributed by atoms with van der Waals surface area (Å²) in [6.07, 6.45) is 3.18. The zero-order valence-electron chi connectivity index (χ0n) is 15.5. The Bertz CT molecular complexity index is 1090. The molecule has 1 N–H and O–H groups in total. The van der Waals surface area contributed by atoms with Gasteiger partial charge in [0.1, 0.15) is 0 Å². The molecule has 0 bridgehead atoms. The molecule has 0 unspecified atom stereocenters. The van der Waals surface area contributed by atoms with Crippen LogP contribution < -0.4 is 5.32 Å². The van der Waals surface area contributed by atoms with E-state index in [4.69, 9.17) is 0 Å². The zero-order chi connectivity index (χ0) is 18.8. The fraction of sp³-hybridized carbons (Fsp3) is 0.182. The summed E-state index contributed by atoms with van der Waals surface area (Å²) in [7, 11) is 0. The first-order chi connectivity index (χ1) is 13.2. The van der Waals surface area contributed by atoms with Crippen LogP contribution in [0.15, 0.2) is 66.9 Å². The second kappa shape index (κ2) is 7.11. The SMILES string of the molecule is CCCn1ccc2cc(NC(=O)c3cc(C)n(-c4ccccc4)n3)ccc21. The Morgan fingerprint density at radius 2 is 1.89 bits per heavy atom. The van der Waals surface area contributed by atoms with E-state index in [1.54, 1.807) is 10.7 Å². The summed E-state index contributed by atoms with van der Waals surface area (Å²) in [4.78, 5) is 12.7. The van der Waals surface area contributed by atoms with E-state index in [9.17, 15) is 4.79 Å². The summed E-state index contributed by atoms with van der Waals surface area (Å²) in [5.41, 5.74) is 4.21. The fourth-order valence-corrected chi connectivity index (χ4v) is 3.32. The molecule has 0 fully saturated rings. The summed E-state index contributed by atoms with van der Waals surface area (Å²) in [6, 6.07) is 19.7. The smallest absolute Gasteiger partial charge is 0.276 e. The third-order valence-corrected chi connectivity index (χ3v) is 4.61. The second-order valence-electron chi connectivity index (χ2n) is 6.66. The highest BCUT2D eigenvalue weighted by atomic mass is 16.1. The molecule has 136 valence electrons. The molecule has 2 aromatic heterocycles. The van der Waals surface area contributed by atoms with Crippen molar-refractivity contribution < 1.29 is 4.79 Å². The Kier molecular flexibility index (Phi) is 4.50. The van der Waals surface area contributed by atoms with Crippen LogP contribution in [-0.2, 0) is 6.54 Å². The average molecular weight is 358 g/mol. The number of nitrogens with one attached hydrogen (secondary N) is 1. The van der Waals surface area contributed by atoms with Gasteiger partial charge in [0.25, 0.3) is 5.91 Å². The normalized spacial score (nSPS) is 11.0. The van der Waals surface area contributed by atoms with Crippen molar-refractivity contribution >= 4 is 22.5 Å². The molecule has 0 saturated carbocycles. The molecule has 2 heterocycles. The molecular weight excluding hydrogens is 336 g/mol. The van der Waals surface area contributed by atoms with E-state index in [1.807, 2.05) is 49.4 Å².